The zero-order valence-corrected chi connectivity index (χ0v) is 11.2. The third-order valence-electron chi connectivity index (χ3n) is 2.63. The number of nitrogens with one attached hydrogen (secondary N) is 1. The van der Waals surface area contributed by atoms with Crippen LogP contribution in [-0.2, 0) is 6.54 Å². The van der Waals surface area contributed by atoms with Gasteiger partial charge >= 0.3 is 0 Å². The molecule has 0 heterocycles. The first kappa shape index (κ1) is 13.9. The van der Waals surface area contributed by atoms with Crippen LogP contribution in [0.25, 0.3) is 0 Å². The first-order valence-electron chi connectivity index (χ1n) is 6.18. The molecule has 0 amide bonds. The first-order valence-corrected chi connectivity index (χ1v) is 6.18. The van der Waals surface area contributed by atoms with Gasteiger partial charge in [-0.05, 0) is 26.5 Å². The molecule has 2 heteroatoms. The van der Waals surface area contributed by atoms with Crippen molar-refractivity contribution in [2.45, 2.75) is 26.4 Å². The number of rotatable bonds is 7. The van der Waals surface area contributed by atoms with Gasteiger partial charge < -0.3 is 10.2 Å². The summed E-state index contributed by atoms with van der Waals surface area (Å²) in [5, 5.41) is 3.46. The Kier molecular flexibility index (Phi) is 5.95. The van der Waals surface area contributed by atoms with Gasteiger partial charge in [0, 0.05) is 25.7 Å². The largest absolute Gasteiger partial charge is 0.309 e. The van der Waals surface area contributed by atoms with E-state index in [4.69, 9.17) is 0 Å². The Labute approximate surface area is 105 Å². The summed E-state index contributed by atoms with van der Waals surface area (Å²) < 4.78 is 0. The van der Waals surface area contributed by atoms with Crippen LogP contribution in [0.2, 0.25) is 0 Å². The SMILES string of the molecule is C=C(C)CNC(C)CN(C)Cc1ccccc1. The molecule has 1 aromatic carbocycles. The summed E-state index contributed by atoms with van der Waals surface area (Å²) >= 11 is 0. The van der Waals surface area contributed by atoms with Crippen LogP contribution in [0, 0.1) is 0 Å². The van der Waals surface area contributed by atoms with E-state index in [0.29, 0.717) is 6.04 Å². The molecule has 1 rings (SSSR count). The Morgan fingerprint density at radius 2 is 2.00 bits per heavy atom. The van der Waals surface area contributed by atoms with Crippen LogP contribution in [-0.4, -0.2) is 31.1 Å². The highest BCUT2D eigenvalue weighted by Gasteiger charge is 2.05. The third-order valence-corrected chi connectivity index (χ3v) is 2.63. The average Bonchev–Trinajstić information content (AvgIpc) is 2.27. The lowest BCUT2D eigenvalue weighted by molar-refractivity contribution is 0.292. The molecule has 0 radical (unpaired) electrons. The minimum atomic E-state index is 0.486. The number of hydrogen-bond donors (Lipinski definition) is 1. The second kappa shape index (κ2) is 7.25. The molecule has 0 aliphatic carbocycles. The van der Waals surface area contributed by atoms with Crippen LogP contribution in [0.1, 0.15) is 19.4 Å². The predicted molar refractivity (Wildman–Crippen MR) is 75.1 cm³/mol. The minimum absolute atomic E-state index is 0.486. The normalized spacial score (nSPS) is 12.7. The molecule has 0 spiro atoms. The van der Waals surface area contributed by atoms with Crippen molar-refractivity contribution in [3.63, 3.8) is 0 Å². The number of benzene rings is 1. The van der Waals surface area contributed by atoms with Crippen molar-refractivity contribution in [1.29, 1.82) is 0 Å². The third kappa shape index (κ3) is 6.25. The molecule has 1 atom stereocenters. The summed E-state index contributed by atoms with van der Waals surface area (Å²) in [6.07, 6.45) is 0. The van der Waals surface area contributed by atoms with Gasteiger partial charge in [-0.3, -0.25) is 0 Å². The Bertz CT molecular complexity index is 332. The summed E-state index contributed by atoms with van der Waals surface area (Å²) in [6, 6.07) is 11.1. The van der Waals surface area contributed by atoms with Crippen LogP contribution in [0.5, 0.6) is 0 Å². The molecule has 1 unspecified atom stereocenters. The van der Waals surface area contributed by atoms with Crippen LogP contribution >= 0.6 is 0 Å². The molecule has 1 N–H and O–H groups in total. The minimum Gasteiger partial charge on any atom is -0.309 e. The Morgan fingerprint density at radius 1 is 1.35 bits per heavy atom. The number of likely N-dealkylation sites (N-methyl/N-ethyl adjacent to an activating group) is 1. The maximum absolute atomic E-state index is 3.90. The maximum atomic E-state index is 3.90. The van der Waals surface area contributed by atoms with E-state index < -0.39 is 0 Å². The average molecular weight is 232 g/mol. The lowest BCUT2D eigenvalue weighted by atomic mass is 10.2. The van der Waals surface area contributed by atoms with Crippen LogP contribution in [0.3, 0.4) is 0 Å². The lowest BCUT2D eigenvalue weighted by Gasteiger charge is -2.22. The molecule has 0 fully saturated rings. The van der Waals surface area contributed by atoms with Gasteiger partial charge in [0.2, 0.25) is 0 Å². The summed E-state index contributed by atoms with van der Waals surface area (Å²) in [5.74, 6) is 0. The predicted octanol–water partition coefficient (Wildman–Crippen LogP) is 2.67. The molecule has 1 aromatic rings. The van der Waals surface area contributed by atoms with Crippen molar-refractivity contribution in [3.05, 3.63) is 48.0 Å². The van der Waals surface area contributed by atoms with E-state index in [0.717, 1.165) is 19.6 Å². The van der Waals surface area contributed by atoms with E-state index in [1.54, 1.807) is 0 Å². The van der Waals surface area contributed by atoms with Gasteiger partial charge in [0.15, 0.2) is 0 Å². The molecule has 0 saturated carbocycles. The molecule has 94 valence electrons. The van der Waals surface area contributed by atoms with Crippen molar-refractivity contribution >= 4 is 0 Å². The zero-order valence-electron chi connectivity index (χ0n) is 11.2. The summed E-state index contributed by atoms with van der Waals surface area (Å²) in [7, 11) is 2.16. The fourth-order valence-corrected chi connectivity index (χ4v) is 1.84. The highest BCUT2D eigenvalue weighted by atomic mass is 15.1. The van der Waals surface area contributed by atoms with Crippen molar-refractivity contribution in [3.8, 4) is 0 Å². The fraction of sp³-hybridized carbons (Fsp3) is 0.467. The van der Waals surface area contributed by atoms with Crippen LogP contribution in [0.4, 0.5) is 0 Å². The summed E-state index contributed by atoms with van der Waals surface area (Å²) in [5.41, 5.74) is 2.55. The van der Waals surface area contributed by atoms with Gasteiger partial charge in [-0.25, -0.2) is 0 Å². The van der Waals surface area contributed by atoms with Gasteiger partial charge in [-0.15, -0.1) is 0 Å². The molecule has 0 aromatic heterocycles. The molecule has 0 aliphatic heterocycles. The highest BCUT2D eigenvalue weighted by Crippen LogP contribution is 2.03. The van der Waals surface area contributed by atoms with Crippen molar-refractivity contribution in [2.24, 2.45) is 0 Å². The van der Waals surface area contributed by atoms with Crippen molar-refractivity contribution < 1.29 is 0 Å². The van der Waals surface area contributed by atoms with E-state index in [2.05, 4.69) is 61.1 Å². The summed E-state index contributed by atoms with van der Waals surface area (Å²) in [4.78, 5) is 2.34. The highest BCUT2D eigenvalue weighted by molar-refractivity contribution is 5.14. The number of hydrogen-bond acceptors (Lipinski definition) is 2. The van der Waals surface area contributed by atoms with E-state index in [-0.39, 0.29) is 0 Å². The second-order valence-corrected chi connectivity index (χ2v) is 4.92. The van der Waals surface area contributed by atoms with Crippen LogP contribution < -0.4 is 5.32 Å². The standard InChI is InChI=1S/C15H24N2/c1-13(2)10-16-14(3)11-17(4)12-15-8-6-5-7-9-15/h5-9,14,16H,1,10-12H2,2-4H3. The zero-order chi connectivity index (χ0) is 12.7. The monoisotopic (exact) mass is 232 g/mol. The van der Waals surface area contributed by atoms with Crippen LogP contribution in [0.15, 0.2) is 42.5 Å². The van der Waals surface area contributed by atoms with Gasteiger partial charge in [0.05, 0.1) is 0 Å². The number of nitrogens with zero attached hydrogens (tertiary/aromatic N) is 1. The van der Waals surface area contributed by atoms with E-state index in [1.165, 1.54) is 11.1 Å². The quantitative estimate of drug-likeness (QED) is 0.727. The lowest BCUT2D eigenvalue weighted by Crippen LogP contribution is -2.37. The smallest absolute Gasteiger partial charge is 0.0231 e. The molecule has 0 aliphatic rings. The van der Waals surface area contributed by atoms with E-state index in [1.807, 2.05) is 6.92 Å². The maximum Gasteiger partial charge on any atom is 0.0231 e. The molecular formula is C15H24N2. The fourth-order valence-electron chi connectivity index (χ4n) is 1.84. The van der Waals surface area contributed by atoms with Gasteiger partial charge in [0.1, 0.15) is 0 Å². The van der Waals surface area contributed by atoms with E-state index >= 15 is 0 Å². The second-order valence-electron chi connectivity index (χ2n) is 4.92. The summed E-state index contributed by atoms with van der Waals surface area (Å²) in [6.45, 7) is 11.1. The molecular weight excluding hydrogens is 208 g/mol. The molecule has 17 heavy (non-hydrogen) atoms. The van der Waals surface area contributed by atoms with E-state index in [9.17, 15) is 0 Å². The molecule has 2 nitrogen and oxygen atoms in total. The topological polar surface area (TPSA) is 15.3 Å². The molecule has 0 saturated heterocycles. The Hall–Kier alpha value is -1.12. The van der Waals surface area contributed by atoms with Crippen molar-refractivity contribution in [1.82, 2.24) is 10.2 Å². The Balaban J connectivity index is 2.29. The van der Waals surface area contributed by atoms with Gasteiger partial charge in [0.25, 0.3) is 0 Å². The van der Waals surface area contributed by atoms with Gasteiger partial charge in [-0.1, -0.05) is 42.5 Å². The first-order chi connectivity index (χ1) is 8.08. The Morgan fingerprint density at radius 3 is 2.59 bits per heavy atom. The molecule has 0 bridgehead atoms. The van der Waals surface area contributed by atoms with Crippen molar-refractivity contribution in [2.75, 3.05) is 20.1 Å². The van der Waals surface area contributed by atoms with Gasteiger partial charge in [-0.2, -0.15) is 0 Å².